The number of halogens is 2. The fraction of sp³-hybridized carbons (Fsp3) is 0.375. The van der Waals surface area contributed by atoms with Gasteiger partial charge in [-0.2, -0.15) is 10.1 Å². The lowest BCUT2D eigenvalue weighted by atomic mass is 9.62. The van der Waals surface area contributed by atoms with Crippen LogP contribution >= 0.6 is 0 Å². The van der Waals surface area contributed by atoms with Crippen molar-refractivity contribution < 1.29 is 33.9 Å². The van der Waals surface area contributed by atoms with Crippen LogP contribution in [-0.4, -0.2) is 92.1 Å². The third kappa shape index (κ3) is 6.10. The van der Waals surface area contributed by atoms with E-state index in [1.165, 1.54) is 12.8 Å². The predicted molar refractivity (Wildman–Crippen MR) is 138 cm³/mol. The van der Waals surface area contributed by atoms with Crippen LogP contribution in [0.5, 0.6) is 0 Å². The third-order valence-electron chi connectivity index (χ3n) is 6.14. The summed E-state index contributed by atoms with van der Waals surface area (Å²) in [7, 11) is 10.9. The van der Waals surface area contributed by atoms with E-state index in [0.717, 1.165) is 18.2 Å². The fourth-order valence-corrected chi connectivity index (χ4v) is 4.06. The number of hydrogen-bond acceptors (Lipinski definition) is 11. The van der Waals surface area contributed by atoms with Crippen molar-refractivity contribution in [2.24, 2.45) is 0 Å². The van der Waals surface area contributed by atoms with Gasteiger partial charge in [-0.1, -0.05) is 0 Å². The van der Waals surface area contributed by atoms with Crippen molar-refractivity contribution in [3.8, 4) is 11.3 Å². The molecule has 4 N–H and O–H groups in total. The van der Waals surface area contributed by atoms with Crippen LogP contribution in [0.4, 0.5) is 14.7 Å². The normalized spacial score (nSPS) is 16.1. The number of nitrogens with zero attached hydrogens (tertiary/aromatic N) is 7. The minimum atomic E-state index is -3.59. The smallest absolute Gasteiger partial charge is 0.324 e. The molecule has 3 aromatic heterocycles. The number of rotatable bonds is 5. The van der Waals surface area contributed by atoms with E-state index in [2.05, 4.69) is 25.0 Å². The Hall–Kier alpha value is -3.56. The molecule has 4 radical (unpaired) electrons. The van der Waals surface area contributed by atoms with Gasteiger partial charge in [-0.05, 0) is 31.0 Å². The van der Waals surface area contributed by atoms with E-state index in [1.807, 2.05) is 23.1 Å². The van der Waals surface area contributed by atoms with Gasteiger partial charge in [0.2, 0.25) is 5.95 Å². The highest BCUT2D eigenvalue weighted by molar-refractivity contribution is 6.38. The number of aliphatic hydroxyl groups is 4. The Morgan fingerprint density at radius 1 is 0.950 bits per heavy atom. The summed E-state index contributed by atoms with van der Waals surface area (Å²) < 4.78 is 35.4. The molecule has 1 aliphatic carbocycles. The molecule has 1 saturated heterocycles. The van der Waals surface area contributed by atoms with E-state index in [-0.39, 0.29) is 28.4 Å². The molecule has 0 amide bonds. The number of hydrogen-bond donors (Lipinski definition) is 4. The molecule has 204 valence electrons. The maximum atomic E-state index is 14.6. The minimum Gasteiger partial charge on any atom is -0.403 e. The van der Waals surface area contributed by atoms with Crippen LogP contribution < -0.4 is 4.90 Å². The molecular formula is C24H23B2F2N7O5. The second-order valence-electron chi connectivity index (χ2n) is 9.37. The fourth-order valence-electron chi connectivity index (χ4n) is 4.06. The standard InChI is InChI=1S/C18H15B2F2N5O5.C6H8N2/c19-17(20,28)13-14(18(29,30)31)25-15-12(23-13)11(9-2-1-8(21)7-10(9)22)24-16(26-15)27-3-5-32-6-4-27;1-4-7-8(5-1)6-2-3-6/h1-2,7,28-31H,3-6H2;1,4-6H,2-3H2. The number of morpholine rings is 1. The van der Waals surface area contributed by atoms with Gasteiger partial charge in [0, 0.05) is 42.5 Å². The van der Waals surface area contributed by atoms with Gasteiger partial charge in [0.25, 0.3) is 0 Å². The maximum absolute atomic E-state index is 14.6. The van der Waals surface area contributed by atoms with Crippen molar-refractivity contribution in [1.29, 1.82) is 0 Å². The van der Waals surface area contributed by atoms with Crippen LogP contribution in [-0.2, 0) is 16.1 Å². The zero-order valence-electron chi connectivity index (χ0n) is 21.0. The van der Waals surface area contributed by atoms with Crippen molar-refractivity contribution in [2.45, 2.75) is 30.3 Å². The van der Waals surface area contributed by atoms with Gasteiger partial charge in [0.05, 0.1) is 24.9 Å². The van der Waals surface area contributed by atoms with Crippen LogP contribution in [0.2, 0.25) is 0 Å². The Morgan fingerprint density at radius 3 is 2.25 bits per heavy atom. The molecule has 12 nitrogen and oxygen atoms in total. The minimum absolute atomic E-state index is 0.0719. The first-order chi connectivity index (χ1) is 18.9. The van der Waals surface area contributed by atoms with Crippen molar-refractivity contribution >= 4 is 32.8 Å². The molecule has 0 unspecified atom stereocenters. The molecule has 1 aliphatic heterocycles. The summed E-state index contributed by atoms with van der Waals surface area (Å²) in [5, 5.41) is 40.4. The van der Waals surface area contributed by atoms with Crippen LogP contribution in [0.3, 0.4) is 0 Å². The zero-order chi connectivity index (χ0) is 28.7. The van der Waals surface area contributed by atoms with Crippen molar-refractivity contribution in [2.75, 3.05) is 31.2 Å². The summed E-state index contributed by atoms with van der Waals surface area (Å²) in [6, 6.07) is 5.48. The highest BCUT2D eigenvalue weighted by Gasteiger charge is 2.36. The Balaban J connectivity index is 0.000000341. The van der Waals surface area contributed by atoms with Crippen molar-refractivity contribution in [1.82, 2.24) is 29.7 Å². The quantitative estimate of drug-likeness (QED) is 0.195. The second-order valence-corrected chi connectivity index (χ2v) is 9.37. The van der Waals surface area contributed by atoms with Gasteiger partial charge in [-0.3, -0.25) is 4.68 Å². The van der Waals surface area contributed by atoms with Crippen LogP contribution in [0, 0.1) is 11.6 Å². The summed E-state index contributed by atoms with van der Waals surface area (Å²) in [6.07, 6.45) is 6.50. The summed E-state index contributed by atoms with van der Waals surface area (Å²) in [6.45, 7) is 1.53. The molecule has 16 heteroatoms. The van der Waals surface area contributed by atoms with Gasteiger partial charge in [-0.15, -0.1) is 0 Å². The molecule has 0 bridgehead atoms. The largest absolute Gasteiger partial charge is 0.403 e. The van der Waals surface area contributed by atoms with Crippen molar-refractivity contribution in [3.05, 3.63) is 59.7 Å². The molecule has 2 fully saturated rings. The van der Waals surface area contributed by atoms with Gasteiger partial charge in [0.1, 0.15) is 38.5 Å². The number of ether oxygens (including phenoxy) is 1. The number of aromatic nitrogens is 6. The maximum Gasteiger partial charge on any atom is 0.324 e. The first-order valence-corrected chi connectivity index (χ1v) is 12.3. The van der Waals surface area contributed by atoms with Crippen LogP contribution in [0.15, 0.2) is 36.7 Å². The number of fused-ring (bicyclic) bond motifs is 1. The third-order valence-corrected chi connectivity index (χ3v) is 6.14. The van der Waals surface area contributed by atoms with Crippen LogP contribution in [0.25, 0.3) is 22.4 Å². The first kappa shape index (κ1) is 28.0. The molecule has 0 spiro atoms. The topological polar surface area (TPSA) is 163 Å². The average Bonchev–Trinajstić information content (AvgIpc) is 3.61. The lowest BCUT2D eigenvalue weighted by molar-refractivity contribution is -0.327. The monoisotopic (exact) mass is 549 g/mol. The summed E-state index contributed by atoms with van der Waals surface area (Å²) in [5.74, 6) is -5.31. The van der Waals surface area contributed by atoms with Gasteiger partial charge in [0.15, 0.2) is 11.3 Å². The molecule has 0 atom stereocenters. The Morgan fingerprint density at radius 2 is 1.68 bits per heavy atom. The van der Waals surface area contributed by atoms with Gasteiger partial charge in [-0.25, -0.2) is 23.7 Å². The van der Waals surface area contributed by atoms with Gasteiger partial charge < -0.3 is 30.1 Å². The Labute approximate surface area is 229 Å². The highest BCUT2D eigenvalue weighted by atomic mass is 19.1. The molecule has 6 rings (SSSR count). The SMILES string of the molecule is [B]C([B])(O)c1nc2c(-c3ccc(F)cc3F)nc(N3CCOCC3)nc2nc1C(O)(O)O.c1cnn(C2CC2)c1. The van der Waals surface area contributed by atoms with E-state index in [4.69, 9.17) is 20.4 Å². The lowest BCUT2D eigenvalue weighted by Gasteiger charge is -2.28. The molecule has 1 aromatic carbocycles. The Bertz CT molecular complexity index is 1510. The summed E-state index contributed by atoms with van der Waals surface area (Å²) in [5.41, 5.74) is -2.70. The molecular weight excluding hydrogens is 526 g/mol. The summed E-state index contributed by atoms with van der Waals surface area (Å²) in [4.78, 5) is 18.1. The zero-order valence-corrected chi connectivity index (χ0v) is 21.0. The number of anilines is 1. The second kappa shape index (κ2) is 10.8. The lowest BCUT2D eigenvalue weighted by Crippen LogP contribution is -2.38. The van der Waals surface area contributed by atoms with E-state index >= 15 is 0 Å². The molecule has 1 saturated carbocycles. The summed E-state index contributed by atoms with van der Waals surface area (Å²) >= 11 is 0. The predicted octanol–water partition coefficient (Wildman–Crippen LogP) is -0.0536. The highest BCUT2D eigenvalue weighted by Crippen LogP contribution is 2.34. The van der Waals surface area contributed by atoms with E-state index in [1.54, 1.807) is 4.90 Å². The average molecular weight is 549 g/mol. The molecule has 4 heterocycles. The van der Waals surface area contributed by atoms with Gasteiger partial charge >= 0.3 is 5.97 Å². The Kier molecular flexibility index (Phi) is 7.54. The molecule has 2 aliphatic rings. The molecule has 4 aromatic rings. The van der Waals surface area contributed by atoms with E-state index in [9.17, 15) is 29.2 Å². The molecule has 40 heavy (non-hydrogen) atoms. The van der Waals surface area contributed by atoms with Crippen LogP contribution in [0.1, 0.15) is 30.3 Å². The first-order valence-electron chi connectivity index (χ1n) is 12.3. The van der Waals surface area contributed by atoms with Crippen molar-refractivity contribution in [3.63, 3.8) is 0 Å². The van der Waals surface area contributed by atoms with E-state index in [0.29, 0.717) is 32.4 Å². The van der Waals surface area contributed by atoms with E-state index < -0.39 is 34.4 Å². The number of benzene rings is 1.